The van der Waals surface area contributed by atoms with Crippen molar-refractivity contribution < 1.29 is 65.7 Å². The Kier molecular flexibility index (Phi) is 11.5. The number of amides is 1. The van der Waals surface area contributed by atoms with Crippen LogP contribution in [0.3, 0.4) is 0 Å². The van der Waals surface area contributed by atoms with E-state index in [9.17, 15) is 9.59 Å². The Hall–Kier alpha value is 0.686. The second-order valence-electron chi connectivity index (χ2n) is 1.59. The summed E-state index contributed by atoms with van der Waals surface area (Å²) in [7, 11) is 0. The van der Waals surface area contributed by atoms with E-state index >= 15 is 0 Å². The first-order valence-electron chi connectivity index (χ1n) is 3.02. The third kappa shape index (κ3) is 9.00. The van der Waals surface area contributed by atoms with Crippen molar-refractivity contribution in [1.82, 2.24) is 10.9 Å². The number of thiocarbonyl (C=S) groups is 1. The number of ether oxygens (including phenoxy) is 1. The van der Waals surface area contributed by atoms with Gasteiger partial charge in [-0.1, -0.05) is 0 Å². The number of rotatable bonds is 1. The van der Waals surface area contributed by atoms with Gasteiger partial charge in [0.2, 0.25) is 0 Å². The van der Waals surface area contributed by atoms with E-state index in [2.05, 4.69) is 35.0 Å². The van der Waals surface area contributed by atoms with E-state index in [0.717, 1.165) is 0 Å². The van der Waals surface area contributed by atoms with Crippen LogP contribution in [0.4, 0.5) is 0 Å². The zero-order chi connectivity index (χ0) is 9.56. The van der Waals surface area contributed by atoms with E-state index < -0.39 is 11.9 Å². The largest absolute Gasteiger partial charge is 1.00 e. The molecule has 0 spiro atoms. The standard InChI is InChI=1S/C5H8N2O3S2.K/c1-2-10-4(9)3(8)6-7-5(11)12;/h2H2,1H3,(H,6,8)(H2,7,11,12);/q;+1/p-1. The van der Waals surface area contributed by atoms with Gasteiger partial charge in [-0.3, -0.25) is 10.2 Å². The van der Waals surface area contributed by atoms with E-state index in [-0.39, 0.29) is 62.3 Å². The molecule has 0 rings (SSSR count). The molecular weight excluding hydrogens is 239 g/mol. The van der Waals surface area contributed by atoms with Crippen LogP contribution < -0.4 is 62.2 Å². The molecule has 0 bridgehead atoms. The van der Waals surface area contributed by atoms with Gasteiger partial charge in [0.1, 0.15) is 0 Å². The Bertz CT molecular complexity index is 212. The van der Waals surface area contributed by atoms with E-state index in [1.165, 1.54) is 0 Å². The maximum Gasteiger partial charge on any atom is 1.00 e. The van der Waals surface area contributed by atoms with Crippen molar-refractivity contribution in [3.8, 4) is 0 Å². The molecule has 0 heterocycles. The number of hydrogen-bond acceptors (Lipinski definition) is 5. The van der Waals surface area contributed by atoms with Crippen molar-refractivity contribution >= 4 is 41.0 Å². The van der Waals surface area contributed by atoms with Crippen molar-refractivity contribution in [2.24, 2.45) is 0 Å². The molecule has 8 heteroatoms. The summed E-state index contributed by atoms with van der Waals surface area (Å²) >= 11 is 8.80. The zero-order valence-electron chi connectivity index (χ0n) is 7.25. The van der Waals surface area contributed by atoms with E-state index in [1.54, 1.807) is 6.92 Å². The van der Waals surface area contributed by atoms with Crippen LogP contribution in [-0.2, 0) is 27.0 Å². The SMILES string of the molecule is CCOC(=O)C(=O)NNC(=S)[S-].[K+]. The predicted molar refractivity (Wildman–Crippen MR) is 47.9 cm³/mol. The first kappa shape index (κ1) is 16.1. The molecule has 0 aliphatic rings. The molecule has 0 aliphatic heterocycles. The first-order chi connectivity index (χ1) is 5.57. The average Bonchev–Trinajstić information content (AvgIpc) is 2.00. The fourth-order valence-corrected chi connectivity index (χ4v) is 0.458. The molecule has 68 valence electrons. The summed E-state index contributed by atoms with van der Waals surface area (Å²) in [6.07, 6.45) is 0. The van der Waals surface area contributed by atoms with Crippen molar-refractivity contribution in [3.63, 3.8) is 0 Å². The van der Waals surface area contributed by atoms with Crippen molar-refractivity contribution in [2.75, 3.05) is 6.61 Å². The number of hydrogen-bond donors (Lipinski definition) is 2. The molecule has 0 radical (unpaired) electrons. The van der Waals surface area contributed by atoms with Gasteiger partial charge in [-0.15, -0.1) is 0 Å². The molecule has 0 aromatic heterocycles. The quantitative estimate of drug-likeness (QED) is 0.123. The van der Waals surface area contributed by atoms with Crippen molar-refractivity contribution in [1.29, 1.82) is 0 Å². The summed E-state index contributed by atoms with van der Waals surface area (Å²) in [6.45, 7) is 1.74. The molecule has 0 fully saturated rings. The molecule has 2 N–H and O–H groups in total. The number of esters is 1. The van der Waals surface area contributed by atoms with Gasteiger partial charge >= 0.3 is 63.3 Å². The van der Waals surface area contributed by atoms with Crippen molar-refractivity contribution in [3.05, 3.63) is 0 Å². The Morgan fingerprint density at radius 2 is 2.00 bits per heavy atom. The number of carbonyl (C=O) groups excluding carboxylic acids is 2. The molecule has 0 aromatic rings. The molecule has 0 aliphatic carbocycles. The van der Waals surface area contributed by atoms with Crippen LogP contribution in [0.5, 0.6) is 0 Å². The third-order valence-corrected chi connectivity index (χ3v) is 0.943. The molecular formula is C5H7KN2O3S2. The van der Waals surface area contributed by atoms with Crippen LogP contribution in [0.15, 0.2) is 0 Å². The van der Waals surface area contributed by atoms with Gasteiger partial charge in [-0.25, -0.2) is 4.79 Å². The maximum atomic E-state index is 10.7. The van der Waals surface area contributed by atoms with E-state index in [1.807, 2.05) is 5.43 Å². The van der Waals surface area contributed by atoms with Gasteiger partial charge in [0, 0.05) is 0 Å². The Balaban J connectivity index is 0. The summed E-state index contributed by atoms with van der Waals surface area (Å²) in [5, 5.41) is 0. The fourth-order valence-electron chi connectivity index (χ4n) is 0.355. The molecule has 0 saturated heterocycles. The monoisotopic (exact) mass is 246 g/mol. The molecule has 0 saturated carbocycles. The fraction of sp³-hybridized carbons (Fsp3) is 0.400. The minimum absolute atomic E-state index is 0. The predicted octanol–water partition coefficient (Wildman–Crippen LogP) is -3.99. The summed E-state index contributed by atoms with van der Waals surface area (Å²) in [6, 6.07) is 0. The summed E-state index contributed by atoms with van der Waals surface area (Å²) < 4.78 is 4.32. The Morgan fingerprint density at radius 3 is 2.38 bits per heavy atom. The van der Waals surface area contributed by atoms with Gasteiger partial charge in [0.25, 0.3) is 0 Å². The third-order valence-electron chi connectivity index (χ3n) is 0.739. The van der Waals surface area contributed by atoms with Crippen LogP contribution in [-0.4, -0.2) is 22.8 Å². The Labute approximate surface area is 129 Å². The van der Waals surface area contributed by atoms with Crippen LogP contribution in [0.25, 0.3) is 0 Å². The first-order valence-corrected chi connectivity index (χ1v) is 3.83. The summed E-state index contributed by atoms with van der Waals surface area (Å²) in [4.78, 5) is 21.3. The molecule has 1 amide bonds. The molecule has 0 unspecified atom stereocenters. The molecule has 13 heavy (non-hydrogen) atoms. The second-order valence-corrected chi connectivity index (χ2v) is 2.66. The van der Waals surface area contributed by atoms with Crippen molar-refractivity contribution in [2.45, 2.75) is 6.92 Å². The number of nitrogens with one attached hydrogen (secondary N) is 2. The summed E-state index contributed by atoms with van der Waals surface area (Å²) in [5.74, 6) is -1.90. The normalized spacial score (nSPS) is 7.77. The van der Waals surface area contributed by atoms with Gasteiger partial charge in [-0.05, 0) is 11.2 Å². The van der Waals surface area contributed by atoms with Gasteiger partial charge < -0.3 is 35.0 Å². The van der Waals surface area contributed by atoms with Crippen LogP contribution in [0, 0.1) is 0 Å². The maximum absolute atomic E-state index is 10.7. The van der Waals surface area contributed by atoms with Gasteiger partial charge in [-0.2, -0.15) is 0 Å². The second kappa shape index (κ2) is 9.25. The minimum atomic E-state index is -0.976. The van der Waals surface area contributed by atoms with Gasteiger partial charge in [0.15, 0.2) is 0 Å². The van der Waals surface area contributed by atoms with Gasteiger partial charge in [0.05, 0.1) is 6.61 Å². The topological polar surface area (TPSA) is 67.4 Å². The van der Waals surface area contributed by atoms with Crippen LogP contribution >= 0.6 is 12.2 Å². The average molecular weight is 246 g/mol. The molecule has 5 nitrogen and oxygen atoms in total. The minimum Gasteiger partial charge on any atom is -0.459 e. The van der Waals surface area contributed by atoms with Crippen LogP contribution in [0.2, 0.25) is 0 Å². The molecule has 0 aromatic carbocycles. The smallest absolute Gasteiger partial charge is 0.459 e. The Morgan fingerprint density at radius 1 is 1.46 bits per heavy atom. The number of hydrazine groups is 1. The molecule has 0 atom stereocenters. The van der Waals surface area contributed by atoms with Crippen LogP contribution in [0.1, 0.15) is 6.92 Å². The number of carbonyl (C=O) groups is 2. The zero-order valence-corrected chi connectivity index (χ0v) is 12.0. The summed E-state index contributed by atoms with van der Waals surface area (Å²) in [5.41, 5.74) is 4.09. The van der Waals surface area contributed by atoms with E-state index in [4.69, 9.17) is 0 Å². The van der Waals surface area contributed by atoms with E-state index in [0.29, 0.717) is 0 Å².